The summed E-state index contributed by atoms with van der Waals surface area (Å²) in [7, 11) is 0. The molecule has 1 atom stereocenters. The third-order valence-corrected chi connectivity index (χ3v) is 4.83. The first-order valence-corrected chi connectivity index (χ1v) is 7.36. The minimum atomic E-state index is -0.762. The van der Waals surface area contributed by atoms with Crippen molar-refractivity contribution in [3.05, 3.63) is 29.8 Å². The van der Waals surface area contributed by atoms with Gasteiger partial charge in [-0.15, -0.1) is 0 Å². The first-order chi connectivity index (χ1) is 10.0. The normalized spacial score (nSPS) is 23.3. The molecule has 1 aromatic rings. The van der Waals surface area contributed by atoms with Crippen LogP contribution in [0.1, 0.15) is 31.2 Å². The number of nitrogens with one attached hydrogen (secondary N) is 1. The van der Waals surface area contributed by atoms with Crippen LogP contribution in [0.5, 0.6) is 0 Å². The van der Waals surface area contributed by atoms with E-state index in [9.17, 15) is 14.7 Å². The van der Waals surface area contributed by atoms with Crippen molar-refractivity contribution in [3.63, 3.8) is 0 Å². The molecule has 112 valence electrons. The van der Waals surface area contributed by atoms with E-state index in [1.807, 2.05) is 29.2 Å². The number of hydrogen-bond acceptors (Lipinski definition) is 3. The Bertz CT molecular complexity index is 577. The smallest absolute Gasteiger partial charge is 0.309 e. The van der Waals surface area contributed by atoms with Crippen LogP contribution in [0.25, 0.3) is 0 Å². The van der Waals surface area contributed by atoms with Gasteiger partial charge >= 0.3 is 5.97 Å². The van der Waals surface area contributed by atoms with Crippen LogP contribution in [0.3, 0.4) is 0 Å². The number of benzene rings is 1. The Hall–Kier alpha value is -2.04. The van der Waals surface area contributed by atoms with Crippen molar-refractivity contribution in [2.45, 2.75) is 25.7 Å². The van der Waals surface area contributed by atoms with Crippen molar-refractivity contribution < 1.29 is 14.7 Å². The highest BCUT2D eigenvalue weighted by Crippen LogP contribution is 2.35. The number of aliphatic carboxylic acids is 1. The summed E-state index contributed by atoms with van der Waals surface area (Å²) in [6, 6.07) is 7.88. The van der Waals surface area contributed by atoms with E-state index in [4.69, 9.17) is 0 Å². The number of hydrogen-bond donors (Lipinski definition) is 2. The Morgan fingerprint density at radius 2 is 1.95 bits per heavy atom. The molecule has 3 rings (SSSR count). The maximum Gasteiger partial charge on any atom is 0.309 e. The Balaban J connectivity index is 1.70. The van der Waals surface area contributed by atoms with E-state index in [1.165, 1.54) is 0 Å². The fraction of sp³-hybridized carbons (Fsp3) is 0.500. The van der Waals surface area contributed by atoms with Gasteiger partial charge in [0.1, 0.15) is 0 Å². The van der Waals surface area contributed by atoms with E-state index in [0.717, 1.165) is 11.3 Å². The fourth-order valence-electron chi connectivity index (χ4n) is 3.16. The first kappa shape index (κ1) is 13.9. The molecule has 2 heterocycles. The SMILES string of the molecule is CC1(C(=O)O)CCN(C(=O)C2CNc3ccccc32)CC1. The third kappa shape index (κ3) is 2.37. The summed E-state index contributed by atoms with van der Waals surface area (Å²) in [5, 5.41) is 12.5. The zero-order chi connectivity index (χ0) is 15.0. The number of piperidine rings is 1. The molecule has 0 radical (unpaired) electrons. The van der Waals surface area contributed by atoms with Gasteiger partial charge in [0.05, 0.1) is 11.3 Å². The summed E-state index contributed by atoms with van der Waals surface area (Å²) in [4.78, 5) is 25.8. The summed E-state index contributed by atoms with van der Waals surface area (Å²) in [6.45, 7) is 3.45. The highest BCUT2D eigenvalue weighted by atomic mass is 16.4. The van der Waals surface area contributed by atoms with Crippen LogP contribution < -0.4 is 5.32 Å². The predicted molar refractivity (Wildman–Crippen MR) is 79.2 cm³/mol. The number of nitrogens with zero attached hydrogens (tertiary/aromatic N) is 1. The Morgan fingerprint density at radius 3 is 2.62 bits per heavy atom. The van der Waals surface area contributed by atoms with Crippen LogP contribution in [-0.4, -0.2) is 41.5 Å². The molecule has 0 aromatic heterocycles. The van der Waals surface area contributed by atoms with Gasteiger partial charge in [-0.25, -0.2) is 0 Å². The second kappa shape index (κ2) is 5.06. The molecule has 2 N–H and O–H groups in total. The highest BCUT2D eigenvalue weighted by molar-refractivity contribution is 5.88. The van der Waals surface area contributed by atoms with E-state index >= 15 is 0 Å². The lowest BCUT2D eigenvalue weighted by molar-refractivity contribution is -0.153. The number of amides is 1. The Morgan fingerprint density at radius 1 is 1.29 bits per heavy atom. The molecular weight excluding hydrogens is 268 g/mol. The zero-order valence-electron chi connectivity index (χ0n) is 12.1. The van der Waals surface area contributed by atoms with Crippen molar-refractivity contribution in [2.75, 3.05) is 25.0 Å². The number of rotatable bonds is 2. The van der Waals surface area contributed by atoms with Crippen LogP contribution >= 0.6 is 0 Å². The molecule has 1 amide bonds. The largest absolute Gasteiger partial charge is 0.481 e. The number of carboxylic acids is 1. The standard InChI is InChI=1S/C16H20N2O3/c1-16(15(20)21)6-8-18(9-7-16)14(19)12-10-17-13-5-3-2-4-11(12)13/h2-5,12,17H,6-10H2,1H3,(H,20,21). The topological polar surface area (TPSA) is 69.6 Å². The highest BCUT2D eigenvalue weighted by Gasteiger charge is 2.40. The first-order valence-electron chi connectivity index (χ1n) is 7.36. The van der Waals surface area contributed by atoms with E-state index in [1.54, 1.807) is 6.92 Å². The third-order valence-electron chi connectivity index (χ3n) is 4.83. The van der Waals surface area contributed by atoms with E-state index < -0.39 is 11.4 Å². The van der Waals surface area contributed by atoms with Gasteiger partial charge in [0, 0.05) is 25.3 Å². The molecule has 1 saturated heterocycles. The predicted octanol–water partition coefficient (Wildman–Crippen LogP) is 1.91. The number of fused-ring (bicyclic) bond motifs is 1. The van der Waals surface area contributed by atoms with Crippen LogP contribution in [0.4, 0.5) is 5.69 Å². The molecule has 0 saturated carbocycles. The van der Waals surface area contributed by atoms with E-state index in [-0.39, 0.29) is 11.8 Å². The molecule has 2 aliphatic rings. The summed E-state index contributed by atoms with van der Waals surface area (Å²) >= 11 is 0. The number of carbonyl (C=O) groups excluding carboxylic acids is 1. The molecule has 0 bridgehead atoms. The molecule has 21 heavy (non-hydrogen) atoms. The van der Waals surface area contributed by atoms with E-state index in [2.05, 4.69) is 5.32 Å². The molecule has 0 spiro atoms. The summed E-state index contributed by atoms with van der Waals surface area (Å²) in [6.07, 6.45) is 1.05. The second-order valence-electron chi connectivity index (χ2n) is 6.21. The lowest BCUT2D eigenvalue weighted by atomic mass is 9.80. The number of para-hydroxylation sites is 1. The minimum absolute atomic E-state index is 0.111. The summed E-state index contributed by atoms with van der Waals surface area (Å²) in [5.41, 5.74) is 1.39. The number of anilines is 1. The molecule has 5 nitrogen and oxygen atoms in total. The monoisotopic (exact) mass is 288 g/mol. The van der Waals surface area contributed by atoms with Crippen molar-refractivity contribution in [3.8, 4) is 0 Å². The quantitative estimate of drug-likeness (QED) is 0.872. The van der Waals surface area contributed by atoms with Crippen LogP contribution in [0.2, 0.25) is 0 Å². The fourth-order valence-corrected chi connectivity index (χ4v) is 3.16. The van der Waals surface area contributed by atoms with Crippen molar-refractivity contribution in [1.29, 1.82) is 0 Å². The van der Waals surface area contributed by atoms with Gasteiger partial charge in [-0.2, -0.15) is 0 Å². The number of likely N-dealkylation sites (tertiary alicyclic amines) is 1. The van der Waals surface area contributed by atoms with Crippen LogP contribution in [0, 0.1) is 5.41 Å². The van der Waals surface area contributed by atoms with Crippen LogP contribution in [-0.2, 0) is 9.59 Å². The second-order valence-corrected chi connectivity index (χ2v) is 6.21. The average Bonchev–Trinajstić information content (AvgIpc) is 2.91. The van der Waals surface area contributed by atoms with Crippen molar-refractivity contribution in [2.24, 2.45) is 5.41 Å². The van der Waals surface area contributed by atoms with Gasteiger partial charge in [0.2, 0.25) is 5.91 Å². The Kier molecular flexibility index (Phi) is 3.35. The summed E-state index contributed by atoms with van der Waals surface area (Å²) in [5.74, 6) is -0.794. The minimum Gasteiger partial charge on any atom is -0.481 e. The molecule has 1 unspecified atom stereocenters. The van der Waals surface area contributed by atoms with Crippen molar-refractivity contribution >= 4 is 17.6 Å². The van der Waals surface area contributed by atoms with E-state index in [0.29, 0.717) is 32.5 Å². The number of carboxylic acid groups (broad SMARTS) is 1. The lowest BCUT2D eigenvalue weighted by Crippen LogP contribution is -2.46. The van der Waals surface area contributed by atoms with Gasteiger partial charge in [0.15, 0.2) is 0 Å². The zero-order valence-corrected chi connectivity index (χ0v) is 12.1. The molecule has 1 fully saturated rings. The molecule has 0 aliphatic carbocycles. The molecule has 5 heteroatoms. The van der Waals surface area contributed by atoms with Gasteiger partial charge in [-0.05, 0) is 31.4 Å². The van der Waals surface area contributed by atoms with Gasteiger partial charge < -0.3 is 15.3 Å². The summed E-state index contributed by atoms with van der Waals surface area (Å²) < 4.78 is 0. The van der Waals surface area contributed by atoms with Gasteiger partial charge in [-0.1, -0.05) is 18.2 Å². The molecular formula is C16H20N2O3. The average molecular weight is 288 g/mol. The number of carbonyl (C=O) groups is 2. The Labute approximate surface area is 123 Å². The van der Waals surface area contributed by atoms with Crippen molar-refractivity contribution in [1.82, 2.24) is 4.90 Å². The molecule has 1 aromatic carbocycles. The molecule has 2 aliphatic heterocycles. The van der Waals surface area contributed by atoms with Gasteiger partial charge in [-0.3, -0.25) is 9.59 Å². The van der Waals surface area contributed by atoms with Crippen LogP contribution in [0.15, 0.2) is 24.3 Å². The maximum absolute atomic E-state index is 12.7. The maximum atomic E-state index is 12.7. The lowest BCUT2D eigenvalue weighted by Gasteiger charge is -2.37. The van der Waals surface area contributed by atoms with Gasteiger partial charge in [0.25, 0.3) is 0 Å².